The Morgan fingerprint density at radius 1 is 0.875 bits per heavy atom. The van der Waals surface area contributed by atoms with E-state index in [1.165, 1.54) is 46.2 Å². The highest BCUT2D eigenvalue weighted by molar-refractivity contribution is 5.80. The molecule has 0 aromatic heterocycles. The third kappa shape index (κ3) is 3.20. The quantitative estimate of drug-likeness (QED) is 0.528. The minimum atomic E-state index is 0.268. The topological polar surface area (TPSA) is 0 Å². The molecule has 2 aromatic carbocycles. The minimum Gasteiger partial charge on any atom is -0.0614 e. The summed E-state index contributed by atoms with van der Waals surface area (Å²) in [7, 11) is 0. The molecule has 0 radical (unpaired) electrons. The molecule has 0 nitrogen and oxygen atoms in total. The lowest BCUT2D eigenvalue weighted by Gasteiger charge is -2.42. The molecule has 0 bridgehead atoms. The highest BCUT2D eigenvalue weighted by Crippen LogP contribution is 2.46. The zero-order valence-electron chi connectivity index (χ0n) is 16.0. The number of fused-ring (bicyclic) bond motifs is 1. The molecule has 0 saturated carbocycles. The van der Waals surface area contributed by atoms with E-state index in [1.54, 1.807) is 0 Å². The molecule has 0 unspecified atom stereocenters. The Morgan fingerprint density at radius 3 is 2.21 bits per heavy atom. The van der Waals surface area contributed by atoms with E-state index in [0.29, 0.717) is 0 Å². The number of hydrogen-bond acceptors (Lipinski definition) is 0. The van der Waals surface area contributed by atoms with Gasteiger partial charge in [0.1, 0.15) is 0 Å². The van der Waals surface area contributed by atoms with E-state index in [0.717, 1.165) is 0 Å². The van der Waals surface area contributed by atoms with E-state index in [-0.39, 0.29) is 10.8 Å². The largest absolute Gasteiger partial charge is 0.0614 e. The minimum absolute atomic E-state index is 0.268. The molecule has 0 N–H and O–H groups in total. The van der Waals surface area contributed by atoms with Crippen molar-refractivity contribution in [2.75, 3.05) is 0 Å². The predicted octanol–water partition coefficient (Wildman–Crippen LogP) is 6.90. The highest BCUT2D eigenvalue weighted by atomic mass is 14.4. The van der Waals surface area contributed by atoms with Gasteiger partial charge in [0, 0.05) is 0 Å². The average molecular weight is 319 g/mol. The highest BCUT2D eigenvalue weighted by Gasteiger charge is 2.36. The first-order valence-electron chi connectivity index (χ1n) is 9.09. The molecule has 1 aliphatic rings. The molecule has 0 atom stereocenters. The van der Waals surface area contributed by atoms with Gasteiger partial charge in [0.2, 0.25) is 0 Å². The fraction of sp³-hybridized carbons (Fsp3) is 0.417. The first-order valence-corrected chi connectivity index (χ1v) is 9.09. The summed E-state index contributed by atoms with van der Waals surface area (Å²) in [5.74, 6) is 0. The van der Waals surface area contributed by atoms with Crippen LogP contribution in [-0.4, -0.2) is 0 Å². The molecule has 3 rings (SSSR count). The van der Waals surface area contributed by atoms with Crippen LogP contribution in [0.5, 0.6) is 0 Å². The summed E-state index contributed by atoms with van der Waals surface area (Å²) < 4.78 is 0. The Kier molecular flexibility index (Phi) is 4.20. The molecule has 0 heteroatoms. The fourth-order valence-electron chi connectivity index (χ4n) is 3.93. The monoisotopic (exact) mass is 318 g/mol. The maximum absolute atomic E-state index is 2.44. The van der Waals surface area contributed by atoms with Gasteiger partial charge < -0.3 is 0 Å². The molecular weight excluding hydrogens is 288 g/mol. The maximum atomic E-state index is 2.44. The lowest BCUT2D eigenvalue weighted by molar-refractivity contribution is 0.332. The Morgan fingerprint density at radius 2 is 1.54 bits per heavy atom. The summed E-state index contributed by atoms with van der Waals surface area (Å²) in [4.78, 5) is 0. The Labute approximate surface area is 147 Å². The van der Waals surface area contributed by atoms with Crippen LogP contribution in [0.3, 0.4) is 0 Å². The standard InChI is InChI=1S/C24H30/c1-17-8-7-9-19(14-17)15-18(2)20-10-11-21-22(16-20)24(5,6)13-12-23(21,3)4/h7-11,14-16H,12-13H2,1-6H3. The second-order valence-electron chi connectivity index (χ2n) is 8.77. The molecule has 126 valence electrons. The zero-order chi connectivity index (χ0) is 17.5. The first-order chi connectivity index (χ1) is 11.2. The van der Waals surface area contributed by atoms with Gasteiger partial charge in [-0.1, -0.05) is 81.8 Å². The second-order valence-corrected chi connectivity index (χ2v) is 8.77. The van der Waals surface area contributed by atoms with E-state index in [9.17, 15) is 0 Å². The third-order valence-electron chi connectivity index (χ3n) is 5.73. The summed E-state index contributed by atoms with van der Waals surface area (Å²) >= 11 is 0. The zero-order valence-corrected chi connectivity index (χ0v) is 16.0. The van der Waals surface area contributed by atoms with Crippen molar-refractivity contribution >= 4 is 11.6 Å². The number of allylic oxidation sites excluding steroid dienone is 1. The van der Waals surface area contributed by atoms with Crippen LogP contribution in [0.1, 0.15) is 75.3 Å². The van der Waals surface area contributed by atoms with Crippen molar-refractivity contribution < 1.29 is 0 Å². The van der Waals surface area contributed by atoms with E-state index >= 15 is 0 Å². The van der Waals surface area contributed by atoms with Crippen LogP contribution in [-0.2, 0) is 10.8 Å². The van der Waals surface area contributed by atoms with Gasteiger partial charge in [-0.05, 0) is 65.3 Å². The second kappa shape index (κ2) is 5.92. The van der Waals surface area contributed by atoms with E-state index in [1.807, 2.05) is 0 Å². The van der Waals surface area contributed by atoms with Crippen LogP contribution < -0.4 is 0 Å². The normalized spacial score (nSPS) is 19.0. The van der Waals surface area contributed by atoms with Gasteiger partial charge in [-0.3, -0.25) is 0 Å². The van der Waals surface area contributed by atoms with E-state index in [4.69, 9.17) is 0 Å². The van der Waals surface area contributed by atoms with Gasteiger partial charge >= 0.3 is 0 Å². The van der Waals surface area contributed by atoms with Crippen LogP contribution >= 0.6 is 0 Å². The van der Waals surface area contributed by atoms with Gasteiger partial charge in [0.05, 0.1) is 0 Å². The molecule has 2 aromatic rings. The van der Waals surface area contributed by atoms with Crippen LogP contribution in [0.15, 0.2) is 42.5 Å². The smallest absolute Gasteiger partial charge is 0.0100 e. The van der Waals surface area contributed by atoms with Crippen LogP contribution in [0.4, 0.5) is 0 Å². The van der Waals surface area contributed by atoms with Crippen molar-refractivity contribution in [3.05, 3.63) is 70.3 Å². The molecule has 1 aliphatic carbocycles. The molecule has 0 aliphatic heterocycles. The molecule has 0 heterocycles. The molecule has 24 heavy (non-hydrogen) atoms. The summed E-state index contributed by atoms with van der Waals surface area (Å²) in [6.07, 6.45) is 4.83. The number of rotatable bonds is 2. The lowest BCUT2D eigenvalue weighted by Crippen LogP contribution is -2.33. The van der Waals surface area contributed by atoms with Crippen LogP contribution in [0.2, 0.25) is 0 Å². The van der Waals surface area contributed by atoms with Gasteiger partial charge in [-0.25, -0.2) is 0 Å². The van der Waals surface area contributed by atoms with Gasteiger partial charge in [-0.2, -0.15) is 0 Å². The van der Waals surface area contributed by atoms with Gasteiger partial charge in [0.25, 0.3) is 0 Å². The Balaban J connectivity index is 2.05. The first kappa shape index (κ1) is 17.0. The van der Waals surface area contributed by atoms with Crippen LogP contribution in [0.25, 0.3) is 11.6 Å². The molecule has 0 spiro atoms. The van der Waals surface area contributed by atoms with E-state index in [2.05, 4.69) is 90.1 Å². The maximum Gasteiger partial charge on any atom is -0.0100 e. The Hall–Kier alpha value is -1.82. The average Bonchev–Trinajstić information content (AvgIpc) is 2.52. The summed E-state index contributed by atoms with van der Waals surface area (Å²) in [5, 5.41) is 0. The summed E-state index contributed by atoms with van der Waals surface area (Å²) in [6, 6.07) is 15.8. The van der Waals surface area contributed by atoms with Gasteiger partial charge in [0.15, 0.2) is 0 Å². The fourth-order valence-corrected chi connectivity index (χ4v) is 3.93. The predicted molar refractivity (Wildman–Crippen MR) is 106 cm³/mol. The van der Waals surface area contributed by atoms with Crippen molar-refractivity contribution in [1.82, 2.24) is 0 Å². The van der Waals surface area contributed by atoms with Crippen molar-refractivity contribution in [3.63, 3.8) is 0 Å². The number of aryl methyl sites for hydroxylation is 1. The van der Waals surface area contributed by atoms with Crippen molar-refractivity contribution in [3.8, 4) is 0 Å². The van der Waals surface area contributed by atoms with Crippen LogP contribution in [0, 0.1) is 6.92 Å². The molecule has 0 saturated heterocycles. The van der Waals surface area contributed by atoms with E-state index < -0.39 is 0 Å². The lowest BCUT2D eigenvalue weighted by atomic mass is 9.63. The van der Waals surface area contributed by atoms with Gasteiger partial charge in [-0.15, -0.1) is 0 Å². The Bertz CT molecular complexity index is 787. The molecule has 0 amide bonds. The summed E-state index contributed by atoms with van der Waals surface area (Å²) in [6.45, 7) is 13.9. The van der Waals surface area contributed by atoms with Crippen molar-refractivity contribution in [2.45, 2.75) is 65.2 Å². The molecular formula is C24H30. The van der Waals surface area contributed by atoms with Crippen molar-refractivity contribution in [2.24, 2.45) is 0 Å². The SMILES string of the molecule is CC(=Cc1cccc(C)c1)c1ccc2c(c1)C(C)(C)CCC2(C)C. The van der Waals surface area contributed by atoms with Crippen molar-refractivity contribution in [1.29, 1.82) is 0 Å². The summed E-state index contributed by atoms with van der Waals surface area (Å²) in [5.41, 5.74) is 8.90. The molecule has 0 fully saturated rings. The number of benzene rings is 2. The third-order valence-corrected chi connectivity index (χ3v) is 5.73. The number of hydrogen-bond donors (Lipinski definition) is 0.